The van der Waals surface area contributed by atoms with Gasteiger partial charge in [-0.3, -0.25) is 4.79 Å². The Morgan fingerprint density at radius 2 is 1.81 bits per heavy atom. The predicted octanol–water partition coefficient (Wildman–Crippen LogP) is 3.47. The number of aliphatic hydroxyl groups excluding tert-OH is 1. The molecule has 0 aliphatic carbocycles. The van der Waals surface area contributed by atoms with Gasteiger partial charge in [-0.2, -0.15) is 0 Å². The van der Waals surface area contributed by atoms with Crippen LogP contribution in [0.5, 0.6) is 17.2 Å². The first-order chi connectivity index (χ1) is 12.2. The van der Waals surface area contributed by atoms with E-state index in [0.717, 1.165) is 0 Å². The molecule has 1 aliphatic rings. The van der Waals surface area contributed by atoms with Crippen LogP contribution in [0, 0.1) is 0 Å². The molecule has 4 rings (SSSR count). The SMILES string of the molecule is CC1(C)CC(O)c2c(cc3oc(-c4ccc(O)cc4)cc(=O)c3c2O)O1. The van der Waals surface area contributed by atoms with Crippen LogP contribution in [0.1, 0.15) is 31.9 Å². The number of aliphatic hydroxyl groups is 1. The Hall–Kier alpha value is -2.99. The van der Waals surface area contributed by atoms with Crippen LogP contribution in [-0.2, 0) is 0 Å². The maximum atomic E-state index is 12.6. The summed E-state index contributed by atoms with van der Waals surface area (Å²) in [6.07, 6.45) is -0.634. The monoisotopic (exact) mass is 354 g/mol. The van der Waals surface area contributed by atoms with Gasteiger partial charge in [-0.1, -0.05) is 0 Å². The fraction of sp³-hybridized carbons (Fsp3) is 0.250. The predicted molar refractivity (Wildman–Crippen MR) is 95.5 cm³/mol. The fourth-order valence-electron chi connectivity index (χ4n) is 3.38. The largest absolute Gasteiger partial charge is 0.508 e. The van der Waals surface area contributed by atoms with Gasteiger partial charge in [-0.25, -0.2) is 0 Å². The Bertz CT molecular complexity index is 1060. The lowest BCUT2D eigenvalue weighted by atomic mass is 9.90. The van der Waals surface area contributed by atoms with Gasteiger partial charge in [0.15, 0.2) is 5.43 Å². The Balaban J connectivity index is 1.96. The van der Waals surface area contributed by atoms with Crippen LogP contribution in [0.15, 0.2) is 45.6 Å². The third kappa shape index (κ3) is 2.59. The first-order valence-corrected chi connectivity index (χ1v) is 8.25. The standard InChI is InChI=1S/C20H18O6/c1-20(2)9-13(23)18-16(26-20)8-15-17(19(18)24)12(22)7-14(25-15)10-3-5-11(21)6-4-10/h3-8,13,21,23-24H,9H2,1-2H3. The summed E-state index contributed by atoms with van der Waals surface area (Å²) in [5, 5.41) is 30.4. The molecule has 0 spiro atoms. The molecule has 0 saturated heterocycles. The number of phenols is 2. The van der Waals surface area contributed by atoms with Gasteiger partial charge >= 0.3 is 0 Å². The van der Waals surface area contributed by atoms with E-state index in [-0.39, 0.29) is 28.0 Å². The van der Waals surface area contributed by atoms with Crippen LogP contribution >= 0.6 is 0 Å². The number of aromatic hydroxyl groups is 2. The van der Waals surface area contributed by atoms with Gasteiger partial charge in [0.2, 0.25) is 0 Å². The second kappa shape index (κ2) is 5.51. The topological polar surface area (TPSA) is 100 Å². The van der Waals surface area contributed by atoms with Gasteiger partial charge in [0.1, 0.15) is 39.6 Å². The molecule has 6 nitrogen and oxygen atoms in total. The number of hydrogen-bond acceptors (Lipinski definition) is 6. The fourth-order valence-corrected chi connectivity index (χ4v) is 3.38. The lowest BCUT2D eigenvalue weighted by Gasteiger charge is -2.35. The van der Waals surface area contributed by atoms with Crippen LogP contribution in [-0.4, -0.2) is 20.9 Å². The second-order valence-corrected chi connectivity index (χ2v) is 7.11. The Morgan fingerprint density at radius 1 is 1.12 bits per heavy atom. The van der Waals surface area contributed by atoms with E-state index in [1.165, 1.54) is 24.3 Å². The van der Waals surface area contributed by atoms with Gasteiger partial charge in [0, 0.05) is 24.1 Å². The van der Waals surface area contributed by atoms with E-state index in [9.17, 15) is 20.1 Å². The van der Waals surface area contributed by atoms with Crippen LogP contribution in [0.3, 0.4) is 0 Å². The summed E-state index contributed by atoms with van der Waals surface area (Å²) in [5.74, 6) is 0.391. The molecule has 1 unspecified atom stereocenters. The van der Waals surface area contributed by atoms with Gasteiger partial charge < -0.3 is 24.5 Å². The highest BCUT2D eigenvalue weighted by molar-refractivity contribution is 5.88. The molecular formula is C20H18O6. The van der Waals surface area contributed by atoms with Crippen molar-refractivity contribution in [3.05, 3.63) is 52.2 Å². The molecule has 3 aromatic rings. The zero-order valence-corrected chi connectivity index (χ0v) is 14.3. The Morgan fingerprint density at radius 3 is 2.50 bits per heavy atom. The van der Waals surface area contributed by atoms with Crippen LogP contribution < -0.4 is 10.2 Å². The molecule has 3 N–H and O–H groups in total. The van der Waals surface area contributed by atoms with Crippen LogP contribution in [0.2, 0.25) is 0 Å². The molecule has 1 aliphatic heterocycles. The van der Waals surface area contributed by atoms with E-state index in [4.69, 9.17) is 9.15 Å². The van der Waals surface area contributed by atoms with Crippen molar-refractivity contribution >= 4 is 11.0 Å². The second-order valence-electron chi connectivity index (χ2n) is 7.11. The normalized spacial score (nSPS) is 18.3. The van der Waals surface area contributed by atoms with E-state index in [0.29, 0.717) is 23.5 Å². The van der Waals surface area contributed by atoms with Gasteiger partial charge in [-0.15, -0.1) is 0 Å². The average molecular weight is 354 g/mol. The summed E-state index contributed by atoms with van der Waals surface area (Å²) in [6.45, 7) is 3.67. The molecule has 0 amide bonds. The van der Waals surface area contributed by atoms with Crippen molar-refractivity contribution in [2.24, 2.45) is 0 Å². The van der Waals surface area contributed by atoms with E-state index in [1.54, 1.807) is 12.1 Å². The molecule has 0 radical (unpaired) electrons. The molecule has 0 fully saturated rings. The smallest absolute Gasteiger partial charge is 0.197 e. The number of fused-ring (bicyclic) bond motifs is 2. The lowest BCUT2D eigenvalue weighted by Crippen LogP contribution is -2.34. The highest BCUT2D eigenvalue weighted by Gasteiger charge is 2.36. The highest BCUT2D eigenvalue weighted by Crippen LogP contribution is 2.46. The minimum Gasteiger partial charge on any atom is -0.508 e. The molecule has 6 heteroatoms. The maximum absolute atomic E-state index is 12.6. The molecule has 1 aromatic heterocycles. The molecular weight excluding hydrogens is 336 g/mol. The van der Waals surface area contributed by atoms with E-state index >= 15 is 0 Å². The molecule has 134 valence electrons. The highest BCUT2D eigenvalue weighted by atomic mass is 16.5. The summed E-state index contributed by atoms with van der Waals surface area (Å²) in [5.41, 5.74) is -0.0447. The Kier molecular flexibility index (Phi) is 3.49. The maximum Gasteiger partial charge on any atom is 0.197 e. The molecule has 0 bridgehead atoms. The summed E-state index contributed by atoms with van der Waals surface area (Å²) >= 11 is 0. The lowest BCUT2D eigenvalue weighted by molar-refractivity contribution is 0.0103. The van der Waals surface area contributed by atoms with Crippen molar-refractivity contribution in [1.82, 2.24) is 0 Å². The van der Waals surface area contributed by atoms with Crippen molar-refractivity contribution in [3.63, 3.8) is 0 Å². The van der Waals surface area contributed by atoms with Crippen molar-refractivity contribution < 1.29 is 24.5 Å². The molecule has 2 heterocycles. The zero-order chi connectivity index (χ0) is 18.6. The molecule has 0 saturated carbocycles. The van der Waals surface area contributed by atoms with E-state index in [2.05, 4.69) is 0 Å². The van der Waals surface area contributed by atoms with Gasteiger partial charge in [0.25, 0.3) is 0 Å². The third-order valence-electron chi connectivity index (χ3n) is 4.55. The molecule has 1 atom stereocenters. The van der Waals surface area contributed by atoms with Crippen molar-refractivity contribution in [1.29, 1.82) is 0 Å². The quantitative estimate of drug-likeness (QED) is 0.619. The summed E-state index contributed by atoms with van der Waals surface area (Å²) in [7, 11) is 0. The van der Waals surface area contributed by atoms with E-state index < -0.39 is 17.1 Å². The number of phenolic OH excluding ortho intramolecular Hbond substituents is 2. The third-order valence-corrected chi connectivity index (χ3v) is 4.55. The molecule has 26 heavy (non-hydrogen) atoms. The van der Waals surface area contributed by atoms with E-state index in [1.807, 2.05) is 13.8 Å². The van der Waals surface area contributed by atoms with Gasteiger partial charge in [-0.05, 0) is 38.1 Å². The van der Waals surface area contributed by atoms with Crippen molar-refractivity contribution in [2.45, 2.75) is 32.0 Å². The zero-order valence-electron chi connectivity index (χ0n) is 14.3. The van der Waals surface area contributed by atoms with Crippen LogP contribution in [0.4, 0.5) is 0 Å². The van der Waals surface area contributed by atoms with Gasteiger partial charge in [0.05, 0.1) is 11.7 Å². The van der Waals surface area contributed by atoms with Crippen molar-refractivity contribution in [2.75, 3.05) is 0 Å². The summed E-state index contributed by atoms with van der Waals surface area (Å²) in [6, 6.07) is 9.04. The number of hydrogen-bond donors (Lipinski definition) is 3. The summed E-state index contributed by atoms with van der Waals surface area (Å²) in [4.78, 5) is 12.6. The minimum absolute atomic E-state index is 0.00799. The Labute approximate surface area is 148 Å². The number of rotatable bonds is 1. The average Bonchev–Trinajstić information content (AvgIpc) is 2.53. The van der Waals surface area contributed by atoms with Crippen molar-refractivity contribution in [3.8, 4) is 28.6 Å². The molecule has 2 aromatic carbocycles. The number of ether oxygens (including phenoxy) is 1. The first kappa shape index (κ1) is 16.5. The number of benzene rings is 2. The minimum atomic E-state index is -0.936. The summed E-state index contributed by atoms with van der Waals surface area (Å²) < 4.78 is 11.7. The van der Waals surface area contributed by atoms with Crippen LogP contribution in [0.25, 0.3) is 22.3 Å². The first-order valence-electron chi connectivity index (χ1n) is 8.25.